The minimum absolute atomic E-state index is 0.0422. The first kappa shape index (κ1) is 20.7. The molecule has 1 saturated heterocycles. The molecule has 1 fully saturated rings. The number of anilines is 2. The Kier molecular flexibility index (Phi) is 5.51. The summed E-state index contributed by atoms with van der Waals surface area (Å²) in [5.41, 5.74) is 0.332. The number of carbonyl (C=O) groups excluding carboxylic acids is 3. The summed E-state index contributed by atoms with van der Waals surface area (Å²) >= 11 is 0. The number of nitrogens with zero attached hydrogens (tertiary/aromatic N) is 3. The number of rotatable bonds is 6. The van der Waals surface area contributed by atoms with Gasteiger partial charge in [0, 0.05) is 18.1 Å². The van der Waals surface area contributed by atoms with Crippen molar-refractivity contribution >= 4 is 39.4 Å². The van der Waals surface area contributed by atoms with Crippen LogP contribution in [0.2, 0.25) is 0 Å². The van der Waals surface area contributed by atoms with Crippen LogP contribution in [-0.2, 0) is 24.4 Å². The largest absolute Gasteiger partial charge is 0.325 e. The Balaban J connectivity index is 1.38. The molecule has 1 aromatic heterocycles. The van der Waals surface area contributed by atoms with E-state index < -0.39 is 27.8 Å². The highest BCUT2D eigenvalue weighted by Crippen LogP contribution is 2.34. The standard InChI is InChI=1S/C20H19N5O5S/c26-17(12-25-18(27)15-4-1-2-5-16(15)19(25)28)23-13-6-8-14(9-7-13)31(29,30)24-20-21-10-3-11-22-20/h1-3,6-11,15-16H,4-5,12H2,(H,23,26)(H,21,22,24)/t15-,16+. The predicted octanol–water partition coefficient (Wildman–Crippen LogP) is 1.17. The number of benzene rings is 1. The molecule has 0 unspecified atom stereocenters. The quantitative estimate of drug-likeness (QED) is 0.507. The highest BCUT2D eigenvalue weighted by Gasteiger charge is 2.47. The lowest BCUT2D eigenvalue weighted by atomic mass is 9.85. The average Bonchev–Trinajstić information content (AvgIpc) is 3.00. The fraction of sp³-hybridized carbons (Fsp3) is 0.250. The molecule has 2 atom stereocenters. The maximum absolute atomic E-state index is 12.5. The van der Waals surface area contributed by atoms with Gasteiger partial charge >= 0.3 is 0 Å². The van der Waals surface area contributed by atoms with Crippen LogP contribution in [0.3, 0.4) is 0 Å². The first-order chi connectivity index (χ1) is 14.8. The van der Waals surface area contributed by atoms with Gasteiger partial charge in [-0.25, -0.2) is 23.1 Å². The Labute approximate surface area is 178 Å². The third-order valence-corrected chi connectivity index (χ3v) is 6.48. The number of imide groups is 1. The van der Waals surface area contributed by atoms with Gasteiger partial charge in [0.25, 0.3) is 10.0 Å². The Morgan fingerprint density at radius 1 is 1.00 bits per heavy atom. The Bertz CT molecular complexity index is 1120. The summed E-state index contributed by atoms with van der Waals surface area (Å²) in [6.07, 6.45) is 7.58. The van der Waals surface area contributed by atoms with Crippen molar-refractivity contribution in [3.05, 3.63) is 54.9 Å². The highest BCUT2D eigenvalue weighted by atomic mass is 32.2. The molecular weight excluding hydrogens is 422 g/mol. The van der Waals surface area contributed by atoms with E-state index in [4.69, 9.17) is 0 Å². The normalized spacial score (nSPS) is 20.5. The molecule has 0 bridgehead atoms. The van der Waals surface area contributed by atoms with Crippen LogP contribution in [0, 0.1) is 11.8 Å². The third-order valence-electron chi connectivity index (χ3n) is 5.14. The molecule has 2 aliphatic rings. The highest BCUT2D eigenvalue weighted by molar-refractivity contribution is 7.92. The van der Waals surface area contributed by atoms with Crippen molar-refractivity contribution in [3.8, 4) is 0 Å². The number of likely N-dealkylation sites (tertiary alicyclic amines) is 1. The monoisotopic (exact) mass is 441 g/mol. The summed E-state index contributed by atoms with van der Waals surface area (Å²) in [6, 6.07) is 7.01. The van der Waals surface area contributed by atoms with Crippen molar-refractivity contribution in [2.24, 2.45) is 11.8 Å². The van der Waals surface area contributed by atoms with Gasteiger partial charge in [0.2, 0.25) is 23.7 Å². The number of hydrogen-bond donors (Lipinski definition) is 2. The van der Waals surface area contributed by atoms with Gasteiger partial charge in [-0.15, -0.1) is 0 Å². The second-order valence-corrected chi connectivity index (χ2v) is 8.85. The van der Waals surface area contributed by atoms with E-state index in [0.717, 1.165) is 4.90 Å². The molecule has 31 heavy (non-hydrogen) atoms. The van der Waals surface area contributed by atoms with Gasteiger partial charge < -0.3 is 5.32 Å². The van der Waals surface area contributed by atoms with Crippen LogP contribution in [0.5, 0.6) is 0 Å². The number of aromatic nitrogens is 2. The molecule has 2 heterocycles. The van der Waals surface area contributed by atoms with Crippen molar-refractivity contribution in [1.29, 1.82) is 0 Å². The molecule has 4 rings (SSSR count). The minimum atomic E-state index is -3.90. The first-order valence-corrected chi connectivity index (χ1v) is 11.0. The van der Waals surface area contributed by atoms with Gasteiger partial charge in [-0.05, 0) is 43.2 Å². The topological polar surface area (TPSA) is 138 Å². The van der Waals surface area contributed by atoms with Gasteiger partial charge in [0.1, 0.15) is 6.54 Å². The van der Waals surface area contributed by atoms with Gasteiger partial charge in [-0.1, -0.05) is 12.2 Å². The summed E-state index contributed by atoms with van der Waals surface area (Å²) < 4.78 is 27.0. The second kappa shape index (κ2) is 8.26. The van der Waals surface area contributed by atoms with Crippen molar-refractivity contribution in [2.45, 2.75) is 17.7 Å². The lowest BCUT2D eigenvalue weighted by Crippen LogP contribution is -2.38. The number of allylic oxidation sites excluding steroid dienone is 2. The van der Waals surface area contributed by atoms with Crippen molar-refractivity contribution in [2.75, 3.05) is 16.6 Å². The molecule has 11 heteroatoms. The van der Waals surface area contributed by atoms with Gasteiger partial charge in [-0.3, -0.25) is 19.3 Å². The van der Waals surface area contributed by atoms with Crippen LogP contribution in [0.25, 0.3) is 0 Å². The smallest absolute Gasteiger partial charge is 0.264 e. The van der Waals surface area contributed by atoms with Crippen LogP contribution in [0.4, 0.5) is 11.6 Å². The zero-order valence-electron chi connectivity index (χ0n) is 16.3. The molecule has 3 amide bonds. The zero-order valence-corrected chi connectivity index (χ0v) is 17.1. The number of sulfonamides is 1. The van der Waals surface area contributed by atoms with Crippen molar-refractivity contribution in [1.82, 2.24) is 14.9 Å². The number of nitrogens with one attached hydrogen (secondary N) is 2. The summed E-state index contributed by atoms with van der Waals surface area (Å²) in [6.45, 7) is -0.377. The van der Waals surface area contributed by atoms with Crippen LogP contribution in [-0.4, -0.2) is 47.6 Å². The first-order valence-electron chi connectivity index (χ1n) is 9.55. The van der Waals surface area contributed by atoms with E-state index in [2.05, 4.69) is 20.0 Å². The molecule has 160 valence electrons. The van der Waals surface area contributed by atoms with E-state index in [1.165, 1.54) is 36.7 Å². The molecular formula is C20H19N5O5S. The van der Waals surface area contributed by atoms with Gasteiger partial charge in [0.05, 0.1) is 16.7 Å². The second-order valence-electron chi connectivity index (χ2n) is 7.17. The summed E-state index contributed by atoms with van der Waals surface area (Å²) in [7, 11) is -3.90. The number of fused-ring (bicyclic) bond motifs is 1. The van der Waals surface area contributed by atoms with Crippen LogP contribution in [0.15, 0.2) is 59.8 Å². The SMILES string of the molecule is O=C(CN1C(=O)[C@H]2CC=CC[C@H]2C1=O)Nc1ccc(S(=O)(=O)Nc2ncccn2)cc1. The fourth-order valence-corrected chi connectivity index (χ4v) is 4.58. The van der Waals surface area contributed by atoms with Crippen molar-refractivity contribution in [3.63, 3.8) is 0 Å². The maximum atomic E-state index is 12.5. The van der Waals surface area contributed by atoms with Crippen molar-refractivity contribution < 1.29 is 22.8 Å². The zero-order chi connectivity index (χ0) is 22.0. The molecule has 0 saturated carbocycles. The number of carbonyl (C=O) groups is 3. The third kappa shape index (κ3) is 4.31. The van der Waals surface area contributed by atoms with E-state index in [9.17, 15) is 22.8 Å². The number of amides is 3. The summed E-state index contributed by atoms with van der Waals surface area (Å²) in [5, 5.41) is 2.58. The fourth-order valence-electron chi connectivity index (χ4n) is 3.62. The van der Waals surface area contributed by atoms with Crippen LogP contribution < -0.4 is 10.0 Å². The predicted molar refractivity (Wildman–Crippen MR) is 110 cm³/mol. The van der Waals surface area contributed by atoms with E-state index in [-0.39, 0.29) is 29.2 Å². The van der Waals surface area contributed by atoms with E-state index >= 15 is 0 Å². The Morgan fingerprint density at radius 3 is 2.16 bits per heavy atom. The molecule has 2 N–H and O–H groups in total. The molecule has 1 aromatic carbocycles. The van der Waals surface area contributed by atoms with Crippen LogP contribution in [0.1, 0.15) is 12.8 Å². The number of hydrogen-bond acceptors (Lipinski definition) is 7. The Hall–Kier alpha value is -3.60. The lowest BCUT2D eigenvalue weighted by molar-refractivity contribution is -0.142. The summed E-state index contributed by atoms with van der Waals surface area (Å²) in [5.74, 6) is -2.04. The summed E-state index contributed by atoms with van der Waals surface area (Å²) in [4.78, 5) is 45.9. The molecule has 1 aliphatic heterocycles. The molecule has 2 aromatic rings. The Morgan fingerprint density at radius 2 is 1.58 bits per heavy atom. The van der Waals surface area contributed by atoms with Gasteiger partial charge in [0.15, 0.2) is 0 Å². The molecule has 1 aliphatic carbocycles. The molecule has 0 radical (unpaired) electrons. The maximum Gasteiger partial charge on any atom is 0.264 e. The van der Waals surface area contributed by atoms with Gasteiger partial charge in [-0.2, -0.15) is 0 Å². The van der Waals surface area contributed by atoms with E-state index in [1.54, 1.807) is 6.07 Å². The minimum Gasteiger partial charge on any atom is -0.325 e. The lowest BCUT2D eigenvalue weighted by Gasteiger charge is -2.14. The average molecular weight is 441 g/mol. The molecule has 10 nitrogen and oxygen atoms in total. The van der Waals surface area contributed by atoms with E-state index in [0.29, 0.717) is 18.5 Å². The van der Waals surface area contributed by atoms with Crippen LogP contribution >= 0.6 is 0 Å². The van der Waals surface area contributed by atoms with E-state index in [1.807, 2.05) is 12.2 Å². The molecule has 0 spiro atoms.